The van der Waals surface area contributed by atoms with Gasteiger partial charge in [0, 0.05) is 0 Å². The van der Waals surface area contributed by atoms with E-state index in [-0.39, 0.29) is 5.56 Å². The number of hydrogen-bond donors (Lipinski definition) is 5. The summed E-state index contributed by atoms with van der Waals surface area (Å²) in [6.07, 6.45) is -1.83. The maximum Gasteiger partial charge on any atom is 0.490 e. The lowest BCUT2D eigenvalue weighted by Gasteiger charge is -2.20. The average molecular weight is 391 g/mol. The summed E-state index contributed by atoms with van der Waals surface area (Å²) in [4.78, 5) is 46.4. The van der Waals surface area contributed by atoms with Crippen LogP contribution in [0.1, 0.15) is 11.7 Å². The first-order valence-corrected chi connectivity index (χ1v) is 10.00. The van der Waals surface area contributed by atoms with Crippen molar-refractivity contribution in [3.05, 3.63) is 35.9 Å². The number of primary amides is 1. The average Bonchev–Trinajstić information content (AvgIpc) is 2.32. The van der Waals surface area contributed by atoms with E-state index in [0.29, 0.717) is 0 Å². The predicted octanol–water partition coefficient (Wildman–Crippen LogP) is 0.556. The molecule has 1 amide bonds. The summed E-state index contributed by atoms with van der Waals surface area (Å²) < 4.78 is 44.7. The molecule has 0 aliphatic carbocycles. The Bertz CT molecular complexity index is 700. The van der Waals surface area contributed by atoms with Crippen LogP contribution in [0.5, 0.6) is 0 Å². The van der Waals surface area contributed by atoms with E-state index in [1.165, 1.54) is 24.3 Å². The summed E-state index contributed by atoms with van der Waals surface area (Å²) in [5.41, 5.74) is 5.03. The Morgan fingerprint density at radius 2 is 1.48 bits per heavy atom. The number of hydrogen-bond acceptors (Lipinski definition) is 7. The van der Waals surface area contributed by atoms with Crippen molar-refractivity contribution in [2.45, 2.75) is 6.10 Å². The van der Waals surface area contributed by atoms with Gasteiger partial charge in [0.05, 0.1) is 0 Å². The zero-order valence-corrected chi connectivity index (χ0v) is 13.7. The molecule has 0 bridgehead atoms. The number of phosphoric ester groups is 1. The van der Waals surface area contributed by atoms with Crippen LogP contribution in [0.3, 0.4) is 0 Å². The molecule has 6 N–H and O–H groups in total. The third-order valence-electron chi connectivity index (χ3n) is 2.02. The van der Waals surface area contributed by atoms with Crippen LogP contribution in [-0.2, 0) is 31.6 Å². The highest BCUT2D eigenvalue weighted by Gasteiger charge is 2.42. The molecule has 0 saturated carbocycles. The Kier molecular flexibility index (Phi) is 6.42. The minimum absolute atomic E-state index is 0.0292. The minimum Gasteiger partial charge on any atom is -0.367 e. The normalized spacial score (nSPS) is 18.6. The summed E-state index contributed by atoms with van der Waals surface area (Å²) in [7, 11) is -16.6. The molecule has 1 aromatic rings. The van der Waals surface area contributed by atoms with Gasteiger partial charge in [-0.25, -0.2) is 13.7 Å². The van der Waals surface area contributed by atoms with Gasteiger partial charge in [-0.1, -0.05) is 30.3 Å². The van der Waals surface area contributed by atoms with Crippen molar-refractivity contribution in [1.29, 1.82) is 0 Å². The van der Waals surface area contributed by atoms with Crippen molar-refractivity contribution in [1.82, 2.24) is 0 Å². The van der Waals surface area contributed by atoms with Crippen LogP contribution >= 0.6 is 23.5 Å². The van der Waals surface area contributed by atoms with Gasteiger partial charge in [-0.3, -0.25) is 9.32 Å². The first-order chi connectivity index (χ1) is 10.3. The van der Waals surface area contributed by atoms with Crippen molar-refractivity contribution < 1.29 is 51.2 Å². The SMILES string of the molecule is NC(=O)C(OP(=O)(O)OP(=O)(O)OP(=O)(O)O)c1ccccc1. The van der Waals surface area contributed by atoms with E-state index in [9.17, 15) is 23.4 Å². The minimum atomic E-state index is -5.67. The van der Waals surface area contributed by atoms with E-state index >= 15 is 0 Å². The maximum atomic E-state index is 11.6. The van der Waals surface area contributed by atoms with Gasteiger partial charge in [0.2, 0.25) is 0 Å². The van der Waals surface area contributed by atoms with Gasteiger partial charge < -0.3 is 25.3 Å². The van der Waals surface area contributed by atoms with Gasteiger partial charge in [-0.2, -0.15) is 8.62 Å². The van der Waals surface area contributed by atoms with Gasteiger partial charge in [-0.15, -0.1) is 0 Å². The zero-order chi connectivity index (χ0) is 17.9. The number of amides is 1. The highest BCUT2D eigenvalue weighted by molar-refractivity contribution is 7.66. The topological polar surface area (TPSA) is 203 Å². The fourth-order valence-corrected chi connectivity index (χ4v) is 4.49. The molecular formula is C8H12NO11P3. The molecule has 0 aliphatic heterocycles. The largest absolute Gasteiger partial charge is 0.490 e. The molecule has 0 aromatic heterocycles. The van der Waals surface area contributed by atoms with Crippen molar-refractivity contribution in [2.75, 3.05) is 0 Å². The number of carbonyl (C=O) groups is 1. The van der Waals surface area contributed by atoms with E-state index < -0.39 is 35.5 Å². The fourth-order valence-electron chi connectivity index (χ4n) is 1.34. The standard InChI is InChI=1S/C8H12NO11P3/c9-8(10)7(6-4-2-1-3-5-6)18-22(14,15)20-23(16,17)19-21(11,12)13/h1-5,7H,(H2,9,10)(H,14,15)(H,16,17)(H2,11,12,13). The predicted molar refractivity (Wildman–Crippen MR) is 73.3 cm³/mol. The van der Waals surface area contributed by atoms with E-state index in [4.69, 9.17) is 20.4 Å². The van der Waals surface area contributed by atoms with Crippen molar-refractivity contribution in [3.8, 4) is 0 Å². The molecule has 0 fully saturated rings. The lowest BCUT2D eigenvalue weighted by atomic mass is 10.1. The van der Waals surface area contributed by atoms with Crippen LogP contribution in [-0.4, -0.2) is 25.5 Å². The maximum absolute atomic E-state index is 11.6. The Morgan fingerprint density at radius 3 is 1.91 bits per heavy atom. The summed E-state index contributed by atoms with van der Waals surface area (Å²) in [5.74, 6) is -1.22. The fraction of sp³-hybridized carbons (Fsp3) is 0.125. The smallest absolute Gasteiger partial charge is 0.367 e. The van der Waals surface area contributed by atoms with Crippen LogP contribution in [0, 0.1) is 0 Å². The van der Waals surface area contributed by atoms with E-state index in [2.05, 4.69) is 13.1 Å². The van der Waals surface area contributed by atoms with Crippen LogP contribution in [0.4, 0.5) is 0 Å². The Labute approximate surface area is 129 Å². The van der Waals surface area contributed by atoms with E-state index in [1.807, 2.05) is 0 Å². The second-order valence-electron chi connectivity index (χ2n) is 3.89. The van der Waals surface area contributed by atoms with Gasteiger partial charge in [0.1, 0.15) is 0 Å². The third kappa shape index (κ3) is 7.47. The van der Waals surface area contributed by atoms with E-state index in [0.717, 1.165) is 0 Å². The van der Waals surface area contributed by atoms with Gasteiger partial charge in [-0.05, 0) is 5.56 Å². The van der Waals surface area contributed by atoms with Gasteiger partial charge >= 0.3 is 23.5 Å². The van der Waals surface area contributed by atoms with Gasteiger partial charge in [0.25, 0.3) is 5.91 Å². The number of benzene rings is 1. The number of carbonyl (C=O) groups excluding carboxylic acids is 1. The molecule has 0 saturated heterocycles. The van der Waals surface area contributed by atoms with Crippen molar-refractivity contribution in [2.24, 2.45) is 5.73 Å². The van der Waals surface area contributed by atoms with Crippen molar-refractivity contribution >= 4 is 29.4 Å². The summed E-state index contributed by atoms with van der Waals surface area (Å²) >= 11 is 0. The molecule has 12 nitrogen and oxygen atoms in total. The number of nitrogens with two attached hydrogens (primary N) is 1. The quantitative estimate of drug-likeness (QED) is 0.387. The third-order valence-corrected chi connectivity index (χ3v) is 5.82. The Balaban J connectivity index is 2.95. The molecule has 0 spiro atoms. The second-order valence-corrected chi connectivity index (χ2v) is 8.26. The highest BCUT2D eigenvalue weighted by Crippen LogP contribution is 2.67. The zero-order valence-electron chi connectivity index (χ0n) is 11.0. The first kappa shape index (κ1) is 20.1. The molecular weight excluding hydrogens is 379 g/mol. The lowest BCUT2D eigenvalue weighted by Crippen LogP contribution is -2.23. The lowest BCUT2D eigenvalue weighted by molar-refractivity contribution is -0.125. The monoisotopic (exact) mass is 391 g/mol. The molecule has 3 atom stereocenters. The molecule has 0 aliphatic rings. The molecule has 1 rings (SSSR count). The summed E-state index contributed by atoms with van der Waals surface area (Å²) in [6, 6.07) is 7.07. The van der Waals surface area contributed by atoms with Crippen LogP contribution in [0.15, 0.2) is 30.3 Å². The summed E-state index contributed by atoms with van der Waals surface area (Å²) in [6.45, 7) is 0. The number of phosphoric acid groups is 3. The molecule has 0 radical (unpaired) electrons. The molecule has 0 heterocycles. The van der Waals surface area contributed by atoms with E-state index in [1.54, 1.807) is 6.07 Å². The second kappa shape index (κ2) is 7.33. The summed E-state index contributed by atoms with van der Waals surface area (Å²) in [5, 5.41) is 0. The van der Waals surface area contributed by atoms with Crippen LogP contribution in [0.25, 0.3) is 0 Å². The molecule has 1 aromatic carbocycles. The van der Waals surface area contributed by atoms with Crippen LogP contribution < -0.4 is 5.73 Å². The van der Waals surface area contributed by atoms with Crippen LogP contribution in [0.2, 0.25) is 0 Å². The number of rotatable bonds is 8. The Hall–Kier alpha value is -0.900. The first-order valence-electron chi connectivity index (χ1n) is 5.48. The molecule has 130 valence electrons. The molecule has 15 heteroatoms. The van der Waals surface area contributed by atoms with Crippen molar-refractivity contribution in [3.63, 3.8) is 0 Å². The molecule has 3 unspecified atom stereocenters. The highest BCUT2D eigenvalue weighted by atomic mass is 31.3. The van der Waals surface area contributed by atoms with Gasteiger partial charge in [0.15, 0.2) is 6.10 Å². The Morgan fingerprint density at radius 1 is 0.957 bits per heavy atom. The molecule has 23 heavy (non-hydrogen) atoms.